The number of nitrogens with one attached hydrogen (secondary N) is 1. The average Bonchev–Trinajstić information content (AvgIpc) is 3.18. The summed E-state index contributed by atoms with van der Waals surface area (Å²) in [5, 5.41) is 3.56. The summed E-state index contributed by atoms with van der Waals surface area (Å²) in [6.07, 6.45) is 0. The number of amides is 1. The van der Waals surface area contributed by atoms with Gasteiger partial charge in [-0.1, -0.05) is 23.7 Å². The number of para-hydroxylation sites is 2. The number of halogens is 1. The number of aryl methyl sites for hydroxylation is 1. The molecule has 7 heteroatoms. The van der Waals surface area contributed by atoms with E-state index in [-0.39, 0.29) is 12.5 Å². The van der Waals surface area contributed by atoms with E-state index in [0.717, 1.165) is 47.9 Å². The lowest BCUT2D eigenvalue weighted by Gasteiger charge is -2.30. The van der Waals surface area contributed by atoms with Gasteiger partial charge in [-0.05, 0) is 67.1 Å². The molecule has 0 unspecified atom stereocenters. The highest BCUT2D eigenvalue weighted by Gasteiger charge is 2.20. The van der Waals surface area contributed by atoms with Crippen molar-refractivity contribution in [3.05, 3.63) is 83.1 Å². The molecule has 2 heterocycles. The van der Waals surface area contributed by atoms with Gasteiger partial charge in [-0.25, -0.2) is 4.98 Å². The number of hydrogen-bond acceptors (Lipinski definition) is 4. The minimum absolute atomic E-state index is 0.0643. The minimum atomic E-state index is -0.206. The van der Waals surface area contributed by atoms with Crippen molar-refractivity contribution in [2.45, 2.75) is 20.0 Å². The fraction of sp³-hybridized carbons (Fsp3) is 0.200. The van der Waals surface area contributed by atoms with Crippen LogP contribution in [0.4, 0.5) is 11.4 Å². The van der Waals surface area contributed by atoms with E-state index in [1.54, 1.807) is 24.3 Å². The number of carbonyl (C=O) groups excluding carboxylic acids is 1. The molecule has 162 valence electrons. The van der Waals surface area contributed by atoms with E-state index in [2.05, 4.69) is 39.0 Å². The molecule has 0 radical (unpaired) electrons. The molecule has 32 heavy (non-hydrogen) atoms. The van der Waals surface area contributed by atoms with Gasteiger partial charge in [-0.2, -0.15) is 0 Å². The molecule has 0 aliphatic carbocycles. The largest absolute Gasteiger partial charge is 0.484 e. The number of aromatic nitrogens is 2. The second kappa shape index (κ2) is 8.55. The van der Waals surface area contributed by atoms with Crippen LogP contribution in [0.3, 0.4) is 0 Å². The van der Waals surface area contributed by atoms with E-state index in [0.29, 0.717) is 10.8 Å². The first kappa shape index (κ1) is 20.4. The number of hydrogen-bond donors (Lipinski definition) is 1. The summed E-state index contributed by atoms with van der Waals surface area (Å²) in [4.78, 5) is 19.5. The van der Waals surface area contributed by atoms with E-state index < -0.39 is 0 Å². The van der Waals surface area contributed by atoms with Crippen LogP contribution in [0, 0.1) is 6.92 Å². The number of carbonyl (C=O) groups is 1. The van der Waals surface area contributed by atoms with Crippen LogP contribution in [0.25, 0.3) is 11.0 Å². The zero-order chi connectivity index (χ0) is 22.1. The number of rotatable bonds is 5. The van der Waals surface area contributed by atoms with Crippen molar-refractivity contribution in [1.82, 2.24) is 9.55 Å². The second-order valence-corrected chi connectivity index (χ2v) is 8.32. The third-order valence-corrected chi connectivity index (χ3v) is 5.94. The molecule has 3 aromatic carbocycles. The Morgan fingerprint density at radius 2 is 1.91 bits per heavy atom. The smallest absolute Gasteiger partial charge is 0.262 e. The van der Waals surface area contributed by atoms with E-state index in [1.165, 1.54) is 5.52 Å². The molecule has 1 N–H and O–H groups in total. The molecule has 4 aromatic rings. The van der Waals surface area contributed by atoms with Gasteiger partial charge in [-0.3, -0.25) is 4.79 Å². The maximum Gasteiger partial charge on any atom is 0.262 e. The van der Waals surface area contributed by atoms with Crippen LogP contribution in [0.5, 0.6) is 5.75 Å². The van der Waals surface area contributed by atoms with Crippen molar-refractivity contribution < 1.29 is 9.53 Å². The van der Waals surface area contributed by atoms with Crippen LogP contribution in [-0.4, -0.2) is 28.6 Å². The normalized spacial score (nSPS) is 13.1. The van der Waals surface area contributed by atoms with Gasteiger partial charge in [0.2, 0.25) is 0 Å². The molecule has 0 saturated carbocycles. The monoisotopic (exact) mass is 446 g/mol. The van der Waals surface area contributed by atoms with Crippen LogP contribution in [0.2, 0.25) is 5.02 Å². The summed E-state index contributed by atoms with van der Waals surface area (Å²) in [5.41, 5.74) is 5.14. The summed E-state index contributed by atoms with van der Waals surface area (Å²) >= 11 is 5.87. The van der Waals surface area contributed by atoms with Crippen molar-refractivity contribution in [3.63, 3.8) is 0 Å². The van der Waals surface area contributed by atoms with E-state index >= 15 is 0 Å². The third kappa shape index (κ3) is 4.14. The second-order valence-electron chi connectivity index (χ2n) is 7.88. The van der Waals surface area contributed by atoms with Crippen molar-refractivity contribution >= 4 is 39.9 Å². The SMILES string of the molecule is Cc1cc(N2CCn3c(nc4ccccc43)C2)ccc1NC(=O)COc1ccc(Cl)cc1. The maximum atomic E-state index is 12.3. The van der Waals surface area contributed by atoms with Crippen LogP contribution in [0.15, 0.2) is 66.7 Å². The molecule has 0 bridgehead atoms. The van der Waals surface area contributed by atoms with E-state index in [1.807, 2.05) is 25.1 Å². The number of benzene rings is 3. The number of imidazole rings is 1. The Bertz CT molecular complexity index is 1280. The highest BCUT2D eigenvalue weighted by atomic mass is 35.5. The zero-order valence-electron chi connectivity index (χ0n) is 17.7. The quantitative estimate of drug-likeness (QED) is 0.466. The van der Waals surface area contributed by atoms with Crippen LogP contribution in [0.1, 0.15) is 11.4 Å². The minimum Gasteiger partial charge on any atom is -0.484 e. The number of anilines is 2. The predicted octanol–water partition coefficient (Wildman–Crippen LogP) is 5.04. The molecule has 1 aromatic heterocycles. The zero-order valence-corrected chi connectivity index (χ0v) is 18.5. The van der Waals surface area contributed by atoms with Crippen molar-refractivity contribution in [1.29, 1.82) is 0 Å². The van der Waals surface area contributed by atoms with Gasteiger partial charge in [0.1, 0.15) is 11.6 Å². The molecule has 5 rings (SSSR count). The summed E-state index contributed by atoms with van der Waals surface area (Å²) in [6, 6.07) is 21.3. The Labute approximate surface area is 191 Å². The fourth-order valence-electron chi connectivity index (χ4n) is 4.04. The Morgan fingerprint density at radius 3 is 2.72 bits per heavy atom. The predicted molar refractivity (Wildman–Crippen MR) is 128 cm³/mol. The fourth-order valence-corrected chi connectivity index (χ4v) is 4.16. The highest BCUT2D eigenvalue weighted by molar-refractivity contribution is 6.30. The van der Waals surface area contributed by atoms with Crippen LogP contribution < -0.4 is 15.0 Å². The first-order valence-corrected chi connectivity index (χ1v) is 10.9. The molecule has 6 nitrogen and oxygen atoms in total. The van der Waals surface area contributed by atoms with Crippen LogP contribution >= 0.6 is 11.6 Å². The Morgan fingerprint density at radius 1 is 1.09 bits per heavy atom. The molecule has 1 aliphatic rings. The number of fused-ring (bicyclic) bond motifs is 3. The Balaban J connectivity index is 1.24. The standard InChI is InChI=1S/C25H23ClN4O2/c1-17-14-19(29-12-13-30-23-5-3-2-4-22(23)27-24(30)15-29)8-11-21(17)28-25(31)16-32-20-9-6-18(26)7-10-20/h2-11,14H,12-13,15-16H2,1H3,(H,28,31). The van der Waals surface area contributed by atoms with Crippen molar-refractivity contribution in [2.75, 3.05) is 23.4 Å². The lowest BCUT2D eigenvalue weighted by molar-refractivity contribution is -0.118. The first-order valence-electron chi connectivity index (χ1n) is 10.5. The lowest BCUT2D eigenvalue weighted by atomic mass is 10.1. The lowest BCUT2D eigenvalue weighted by Crippen LogP contribution is -2.33. The van der Waals surface area contributed by atoms with Gasteiger partial charge in [0.05, 0.1) is 17.6 Å². The summed E-state index contributed by atoms with van der Waals surface area (Å²) in [7, 11) is 0. The van der Waals surface area contributed by atoms with E-state index in [4.69, 9.17) is 21.3 Å². The summed E-state index contributed by atoms with van der Waals surface area (Å²) in [5.74, 6) is 1.47. The van der Waals surface area contributed by atoms with Crippen molar-refractivity contribution in [3.8, 4) is 5.75 Å². The molecule has 0 fully saturated rings. The molecule has 0 saturated heterocycles. The highest BCUT2D eigenvalue weighted by Crippen LogP contribution is 2.28. The van der Waals surface area contributed by atoms with E-state index in [9.17, 15) is 4.79 Å². The molecular formula is C25H23ClN4O2. The van der Waals surface area contributed by atoms with Gasteiger partial charge < -0.3 is 19.5 Å². The maximum absolute atomic E-state index is 12.3. The Kier molecular flexibility index (Phi) is 5.45. The van der Waals surface area contributed by atoms with Crippen LogP contribution in [-0.2, 0) is 17.9 Å². The molecule has 0 spiro atoms. The summed E-state index contributed by atoms with van der Waals surface area (Å²) < 4.78 is 7.82. The summed E-state index contributed by atoms with van der Waals surface area (Å²) in [6.45, 7) is 4.50. The molecular weight excluding hydrogens is 424 g/mol. The average molecular weight is 447 g/mol. The van der Waals surface area contributed by atoms with Gasteiger partial charge in [0.15, 0.2) is 6.61 Å². The third-order valence-electron chi connectivity index (χ3n) is 5.69. The van der Waals surface area contributed by atoms with Gasteiger partial charge in [0.25, 0.3) is 5.91 Å². The number of nitrogens with zero attached hydrogens (tertiary/aromatic N) is 3. The van der Waals surface area contributed by atoms with Gasteiger partial charge >= 0.3 is 0 Å². The molecule has 1 amide bonds. The first-order chi connectivity index (χ1) is 15.6. The topological polar surface area (TPSA) is 59.4 Å². The molecule has 0 atom stereocenters. The number of ether oxygens (including phenoxy) is 1. The van der Waals surface area contributed by atoms with Gasteiger partial charge in [0, 0.05) is 29.5 Å². The van der Waals surface area contributed by atoms with Gasteiger partial charge in [-0.15, -0.1) is 0 Å². The molecule has 1 aliphatic heterocycles. The Hall–Kier alpha value is -3.51. The van der Waals surface area contributed by atoms with Crippen molar-refractivity contribution in [2.24, 2.45) is 0 Å².